The van der Waals surface area contributed by atoms with E-state index in [-0.39, 0.29) is 24.3 Å². The first kappa shape index (κ1) is 19.1. The second kappa shape index (κ2) is 8.45. The Bertz CT molecular complexity index is 1020. The molecule has 0 spiro atoms. The van der Waals surface area contributed by atoms with Gasteiger partial charge in [0.1, 0.15) is 6.61 Å². The fourth-order valence-electron chi connectivity index (χ4n) is 4.00. The normalized spacial score (nSPS) is 16.7. The van der Waals surface area contributed by atoms with Crippen LogP contribution >= 0.6 is 0 Å². The lowest BCUT2D eigenvalue weighted by Crippen LogP contribution is -2.39. The van der Waals surface area contributed by atoms with Crippen LogP contribution in [-0.2, 0) is 9.53 Å². The first-order valence-corrected chi connectivity index (χ1v) is 9.76. The smallest absolute Gasteiger partial charge is 0.254 e. The Morgan fingerprint density at radius 2 is 2.07 bits per heavy atom. The maximum atomic E-state index is 13.3. The Morgan fingerprint density at radius 1 is 1.24 bits per heavy atom. The van der Waals surface area contributed by atoms with Crippen molar-refractivity contribution in [1.82, 2.24) is 15.1 Å². The van der Waals surface area contributed by atoms with Gasteiger partial charge in [-0.15, -0.1) is 0 Å². The lowest BCUT2D eigenvalue weighted by molar-refractivity contribution is -0.119. The number of ether oxygens (including phenoxy) is 1. The molecule has 0 bridgehead atoms. The summed E-state index contributed by atoms with van der Waals surface area (Å²) in [6, 6.07) is 13.8. The molecule has 0 radical (unpaired) electrons. The van der Waals surface area contributed by atoms with Gasteiger partial charge in [-0.3, -0.25) is 14.7 Å². The van der Waals surface area contributed by atoms with Crippen LogP contribution in [0, 0.1) is 0 Å². The molecule has 29 heavy (non-hydrogen) atoms. The molecule has 0 saturated carbocycles. The van der Waals surface area contributed by atoms with Crippen molar-refractivity contribution in [3.8, 4) is 0 Å². The number of benzene rings is 2. The van der Waals surface area contributed by atoms with E-state index >= 15 is 0 Å². The van der Waals surface area contributed by atoms with Crippen molar-refractivity contribution in [2.24, 2.45) is 0 Å². The standard InChI is InChI=1S/C22H24N4O3/c1-29-14-20(27)24-19-12-23-25-21(19)16-8-5-11-26(13-16)22(28)18-10-4-7-15-6-2-3-9-17(15)18/h2-4,6-7,9-10,12,16H,5,8,11,13-14H2,1H3,(H,23,25)(H,24,27)/t16-/m1/s1. The highest BCUT2D eigenvalue weighted by molar-refractivity contribution is 6.07. The maximum Gasteiger partial charge on any atom is 0.254 e. The van der Waals surface area contributed by atoms with Gasteiger partial charge in [-0.25, -0.2) is 0 Å². The molecule has 0 aliphatic carbocycles. The number of nitrogens with zero attached hydrogens (tertiary/aromatic N) is 2. The van der Waals surface area contributed by atoms with Crippen molar-refractivity contribution in [3.63, 3.8) is 0 Å². The van der Waals surface area contributed by atoms with Gasteiger partial charge in [0.05, 0.1) is 17.6 Å². The summed E-state index contributed by atoms with van der Waals surface area (Å²) in [6.07, 6.45) is 3.43. The molecule has 150 valence electrons. The van der Waals surface area contributed by atoms with Gasteiger partial charge in [0.15, 0.2) is 0 Å². The number of H-pyrrole nitrogens is 1. The minimum absolute atomic E-state index is 0.0129. The molecule has 2 aromatic carbocycles. The number of carbonyl (C=O) groups excluding carboxylic acids is 2. The topological polar surface area (TPSA) is 87.3 Å². The van der Waals surface area contributed by atoms with E-state index in [2.05, 4.69) is 15.5 Å². The summed E-state index contributed by atoms with van der Waals surface area (Å²) in [7, 11) is 1.48. The summed E-state index contributed by atoms with van der Waals surface area (Å²) >= 11 is 0. The van der Waals surface area contributed by atoms with Gasteiger partial charge >= 0.3 is 0 Å². The molecule has 1 aliphatic heterocycles. The zero-order chi connectivity index (χ0) is 20.2. The quantitative estimate of drug-likeness (QED) is 0.698. The van der Waals surface area contributed by atoms with Crippen molar-refractivity contribution in [2.75, 3.05) is 32.1 Å². The summed E-state index contributed by atoms with van der Waals surface area (Å²) in [5.74, 6) is -0.103. The molecule has 1 fully saturated rings. The number of hydrogen-bond acceptors (Lipinski definition) is 4. The zero-order valence-corrected chi connectivity index (χ0v) is 16.4. The molecule has 3 aromatic rings. The van der Waals surface area contributed by atoms with E-state index < -0.39 is 0 Å². The molecule has 1 aromatic heterocycles. The van der Waals surface area contributed by atoms with Crippen molar-refractivity contribution in [3.05, 3.63) is 59.9 Å². The third-order valence-corrected chi connectivity index (χ3v) is 5.36. The van der Waals surface area contributed by atoms with Crippen LogP contribution in [0.1, 0.15) is 34.8 Å². The number of amides is 2. The van der Waals surface area contributed by atoms with Crippen LogP contribution in [0.3, 0.4) is 0 Å². The van der Waals surface area contributed by atoms with Crippen molar-refractivity contribution < 1.29 is 14.3 Å². The van der Waals surface area contributed by atoms with Crippen LogP contribution < -0.4 is 5.32 Å². The minimum Gasteiger partial charge on any atom is -0.375 e. The predicted molar refractivity (Wildman–Crippen MR) is 111 cm³/mol. The number of aromatic amines is 1. The molecular weight excluding hydrogens is 368 g/mol. The number of methoxy groups -OCH3 is 1. The van der Waals surface area contributed by atoms with E-state index in [9.17, 15) is 9.59 Å². The average molecular weight is 392 g/mol. The van der Waals surface area contributed by atoms with E-state index in [0.29, 0.717) is 12.2 Å². The summed E-state index contributed by atoms with van der Waals surface area (Å²) in [4.78, 5) is 27.1. The summed E-state index contributed by atoms with van der Waals surface area (Å²) < 4.78 is 4.87. The van der Waals surface area contributed by atoms with Gasteiger partial charge in [-0.1, -0.05) is 36.4 Å². The van der Waals surface area contributed by atoms with Crippen LogP contribution in [0.2, 0.25) is 0 Å². The van der Waals surface area contributed by atoms with Crippen molar-refractivity contribution in [2.45, 2.75) is 18.8 Å². The number of hydrogen-bond donors (Lipinski definition) is 2. The molecular formula is C22H24N4O3. The van der Waals surface area contributed by atoms with Crippen molar-refractivity contribution in [1.29, 1.82) is 0 Å². The van der Waals surface area contributed by atoms with Gasteiger partial charge in [0, 0.05) is 31.7 Å². The number of piperidine rings is 1. The van der Waals surface area contributed by atoms with E-state index in [1.165, 1.54) is 7.11 Å². The van der Waals surface area contributed by atoms with Crippen molar-refractivity contribution >= 4 is 28.3 Å². The number of fused-ring (bicyclic) bond motifs is 1. The van der Waals surface area contributed by atoms with Crippen LogP contribution in [-0.4, -0.2) is 53.7 Å². The monoisotopic (exact) mass is 392 g/mol. The Kier molecular flexibility index (Phi) is 5.57. The predicted octanol–water partition coefficient (Wildman–Crippen LogP) is 3.17. The molecule has 7 heteroatoms. The molecule has 7 nitrogen and oxygen atoms in total. The molecule has 0 unspecified atom stereocenters. The molecule has 2 heterocycles. The first-order chi connectivity index (χ1) is 14.2. The Labute approximate surface area is 169 Å². The summed E-state index contributed by atoms with van der Waals surface area (Å²) in [5.41, 5.74) is 2.23. The lowest BCUT2D eigenvalue weighted by Gasteiger charge is -2.33. The summed E-state index contributed by atoms with van der Waals surface area (Å²) in [6.45, 7) is 1.29. The highest BCUT2D eigenvalue weighted by Crippen LogP contribution is 2.31. The molecule has 1 aliphatic rings. The zero-order valence-electron chi connectivity index (χ0n) is 16.4. The van der Waals surface area contributed by atoms with Gasteiger partial charge in [-0.2, -0.15) is 5.10 Å². The number of rotatable bonds is 5. The van der Waals surface area contributed by atoms with E-state index in [1.54, 1.807) is 6.20 Å². The Hall–Kier alpha value is -3.19. The van der Waals surface area contributed by atoms with E-state index in [0.717, 1.165) is 41.4 Å². The average Bonchev–Trinajstić information content (AvgIpc) is 3.21. The second-order valence-corrected chi connectivity index (χ2v) is 7.30. The number of nitrogens with one attached hydrogen (secondary N) is 2. The molecule has 2 N–H and O–H groups in total. The van der Waals surface area contributed by atoms with Crippen LogP contribution in [0.15, 0.2) is 48.7 Å². The molecule has 1 atom stereocenters. The molecule has 2 amide bonds. The van der Waals surface area contributed by atoms with Gasteiger partial charge in [-0.05, 0) is 29.7 Å². The van der Waals surface area contributed by atoms with Gasteiger partial charge < -0.3 is 15.0 Å². The Balaban J connectivity index is 1.54. The maximum absolute atomic E-state index is 13.3. The SMILES string of the molecule is COCC(=O)Nc1cn[nH]c1[C@@H]1CCCN(C(=O)c2cccc3ccccc23)C1. The second-order valence-electron chi connectivity index (χ2n) is 7.30. The third kappa shape index (κ3) is 4.00. The van der Waals surface area contributed by atoms with Crippen LogP contribution in [0.5, 0.6) is 0 Å². The highest BCUT2D eigenvalue weighted by atomic mass is 16.5. The molecule has 1 saturated heterocycles. The third-order valence-electron chi connectivity index (χ3n) is 5.36. The molecule has 4 rings (SSSR count). The van der Waals surface area contributed by atoms with Gasteiger partial charge in [0.2, 0.25) is 5.91 Å². The minimum atomic E-state index is -0.227. The number of aromatic nitrogens is 2. The summed E-state index contributed by atoms with van der Waals surface area (Å²) in [5, 5.41) is 12.0. The van der Waals surface area contributed by atoms with Gasteiger partial charge in [0.25, 0.3) is 5.91 Å². The van der Waals surface area contributed by atoms with E-state index in [1.807, 2.05) is 47.4 Å². The largest absolute Gasteiger partial charge is 0.375 e. The number of anilines is 1. The number of carbonyl (C=O) groups is 2. The van der Waals surface area contributed by atoms with Crippen LogP contribution in [0.25, 0.3) is 10.8 Å². The Morgan fingerprint density at radius 3 is 2.93 bits per heavy atom. The first-order valence-electron chi connectivity index (χ1n) is 9.76. The highest BCUT2D eigenvalue weighted by Gasteiger charge is 2.29. The fourth-order valence-corrected chi connectivity index (χ4v) is 4.00. The number of likely N-dealkylation sites (tertiary alicyclic amines) is 1. The lowest BCUT2D eigenvalue weighted by atomic mass is 9.93. The van der Waals surface area contributed by atoms with E-state index in [4.69, 9.17) is 4.74 Å². The fraction of sp³-hybridized carbons (Fsp3) is 0.318. The van der Waals surface area contributed by atoms with Crippen LogP contribution in [0.4, 0.5) is 5.69 Å².